The van der Waals surface area contributed by atoms with Gasteiger partial charge in [0.2, 0.25) is 0 Å². The molecule has 0 aliphatic heterocycles. The number of ether oxygens (including phenoxy) is 1. The van der Waals surface area contributed by atoms with Gasteiger partial charge in [0.1, 0.15) is 0 Å². The first kappa shape index (κ1) is 12.0. The van der Waals surface area contributed by atoms with Crippen molar-refractivity contribution in [3.05, 3.63) is 0 Å². The maximum absolute atomic E-state index is 8.94. The van der Waals surface area contributed by atoms with E-state index < -0.39 is 5.54 Å². The largest absolute Gasteiger partial charge is 0.394 e. The third-order valence-corrected chi connectivity index (χ3v) is 2.91. The summed E-state index contributed by atoms with van der Waals surface area (Å²) < 4.78 is 5.71. The molecule has 1 unspecified atom stereocenters. The van der Waals surface area contributed by atoms with Crippen molar-refractivity contribution in [2.75, 3.05) is 13.2 Å². The number of rotatable bonds is 6. The van der Waals surface area contributed by atoms with Gasteiger partial charge < -0.3 is 15.6 Å². The lowest BCUT2D eigenvalue weighted by molar-refractivity contribution is 0.0512. The molecule has 3 heteroatoms. The second-order valence-corrected chi connectivity index (χ2v) is 4.69. The van der Waals surface area contributed by atoms with Gasteiger partial charge in [-0.05, 0) is 32.6 Å². The molecule has 0 bridgehead atoms. The van der Waals surface area contributed by atoms with E-state index >= 15 is 0 Å². The first-order chi connectivity index (χ1) is 6.64. The Hall–Kier alpha value is -0.120. The highest BCUT2D eigenvalue weighted by Gasteiger charge is 2.18. The molecule has 1 aliphatic carbocycles. The Balaban J connectivity index is 1.98. The van der Waals surface area contributed by atoms with Crippen molar-refractivity contribution in [2.45, 2.75) is 57.1 Å². The maximum Gasteiger partial charge on any atom is 0.0608 e. The molecule has 0 saturated heterocycles. The van der Waals surface area contributed by atoms with E-state index in [0.717, 1.165) is 19.4 Å². The normalized spacial score (nSPS) is 22.5. The van der Waals surface area contributed by atoms with E-state index in [2.05, 4.69) is 0 Å². The molecule has 1 aliphatic rings. The van der Waals surface area contributed by atoms with Crippen molar-refractivity contribution in [3.8, 4) is 0 Å². The summed E-state index contributed by atoms with van der Waals surface area (Å²) in [4.78, 5) is 0. The second-order valence-electron chi connectivity index (χ2n) is 4.69. The summed E-state index contributed by atoms with van der Waals surface area (Å²) in [6.07, 6.45) is 7.35. The van der Waals surface area contributed by atoms with E-state index in [1.54, 1.807) is 0 Å². The standard InChI is InChI=1S/C11H23NO2/c1-11(12,9-13)7-4-8-14-10-5-2-3-6-10/h10,13H,2-9,12H2,1H3. The van der Waals surface area contributed by atoms with Crippen LogP contribution in [0.1, 0.15) is 45.4 Å². The smallest absolute Gasteiger partial charge is 0.0608 e. The molecule has 0 heterocycles. The van der Waals surface area contributed by atoms with Crippen LogP contribution in [-0.2, 0) is 4.74 Å². The predicted octanol–water partition coefficient (Wildman–Crippen LogP) is 1.44. The molecule has 0 aromatic rings. The predicted molar refractivity (Wildman–Crippen MR) is 57.1 cm³/mol. The fourth-order valence-electron chi connectivity index (χ4n) is 1.86. The monoisotopic (exact) mass is 201 g/mol. The molecule has 3 nitrogen and oxygen atoms in total. The van der Waals surface area contributed by atoms with Crippen molar-refractivity contribution in [1.82, 2.24) is 0 Å². The van der Waals surface area contributed by atoms with Crippen LogP contribution in [0.15, 0.2) is 0 Å². The molecular weight excluding hydrogens is 178 g/mol. The van der Waals surface area contributed by atoms with Crippen LogP contribution in [0.5, 0.6) is 0 Å². The summed E-state index contributed by atoms with van der Waals surface area (Å²) in [5, 5.41) is 8.94. The summed E-state index contributed by atoms with van der Waals surface area (Å²) in [5.74, 6) is 0. The molecule has 0 radical (unpaired) electrons. The summed E-state index contributed by atoms with van der Waals surface area (Å²) in [6.45, 7) is 2.72. The third-order valence-electron chi connectivity index (χ3n) is 2.91. The fraction of sp³-hybridized carbons (Fsp3) is 1.00. The van der Waals surface area contributed by atoms with Gasteiger partial charge in [-0.25, -0.2) is 0 Å². The summed E-state index contributed by atoms with van der Waals surface area (Å²) >= 11 is 0. The highest BCUT2D eigenvalue weighted by Crippen LogP contribution is 2.21. The number of hydrogen-bond donors (Lipinski definition) is 2. The summed E-state index contributed by atoms with van der Waals surface area (Å²) in [6, 6.07) is 0. The summed E-state index contributed by atoms with van der Waals surface area (Å²) in [7, 11) is 0. The van der Waals surface area contributed by atoms with Crippen molar-refractivity contribution in [3.63, 3.8) is 0 Å². The zero-order valence-electron chi connectivity index (χ0n) is 9.17. The van der Waals surface area contributed by atoms with Crippen LogP contribution in [0, 0.1) is 0 Å². The molecule has 0 amide bonds. The topological polar surface area (TPSA) is 55.5 Å². The lowest BCUT2D eigenvalue weighted by Crippen LogP contribution is -2.40. The minimum atomic E-state index is -0.432. The van der Waals surface area contributed by atoms with Crippen LogP contribution in [-0.4, -0.2) is 30.0 Å². The SMILES string of the molecule is CC(N)(CO)CCCOC1CCCC1. The van der Waals surface area contributed by atoms with Crippen molar-refractivity contribution in [2.24, 2.45) is 5.73 Å². The minimum absolute atomic E-state index is 0.0520. The van der Waals surface area contributed by atoms with Gasteiger partial charge >= 0.3 is 0 Å². The number of aliphatic hydroxyl groups is 1. The number of aliphatic hydroxyl groups excluding tert-OH is 1. The third kappa shape index (κ3) is 4.40. The van der Waals surface area contributed by atoms with Gasteiger partial charge in [-0.15, -0.1) is 0 Å². The van der Waals surface area contributed by atoms with Gasteiger partial charge in [-0.2, -0.15) is 0 Å². The van der Waals surface area contributed by atoms with Gasteiger partial charge in [-0.3, -0.25) is 0 Å². The van der Waals surface area contributed by atoms with E-state index in [9.17, 15) is 0 Å². The van der Waals surface area contributed by atoms with Gasteiger partial charge in [0.25, 0.3) is 0 Å². The van der Waals surface area contributed by atoms with E-state index in [-0.39, 0.29) is 6.61 Å². The number of nitrogens with two attached hydrogens (primary N) is 1. The van der Waals surface area contributed by atoms with Crippen molar-refractivity contribution in [1.29, 1.82) is 0 Å². The minimum Gasteiger partial charge on any atom is -0.394 e. The molecule has 0 spiro atoms. The first-order valence-electron chi connectivity index (χ1n) is 5.65. The molecule has 0 aromatic carbocycles. The van der Waals surface area contributed by atoms with Gasteiger partial charge in [0, 0.05) is 12.1 Å². The van der Waals surface area contributed by atoms with Gasteiger partial charge in [-0.1, -0.05) is 12.8 Å². The molecular formula is C11H23NO2. The molecule has 1 rings (SSSR count). The van der Waals surface area contributed by atoms with Crippen LogP contribution in [0.2, 0.25) is 0 Å². The van der Waals surface area contributed by atoms with Crippen LogP contribution in [0.4, 0.5) is 0 Å². The van der Waals surface area contributed by atoms with Crippen molar-refractivity contribution < 1.29 is 9.84 Å². The fourth-order valence-corrected chi connectivity index (χ4v) is 1.86. The van der Waals surface area contributed by atoms with Crippen LogP contribution >= 0.6 is 0 Å². The van der Waals surface area contributed by atoms with Gasteiger partial charge in [0.15, 0.2) is 0 Å². The van der Waals surface area contributed by atoms with E-state index in [1.165, 1.54) is 25.7 Å². The lowest BCUT2D eigenvalue weighted by Gasteiger charge is -2.21. The Labute approximate surface area is 86.6 Å². The Bertz CT molecular complexity index is 153. The highest BCUT2D eigenvalue weighted by molar-refractivity contribution is 4.76. The second kappa shape index (κ2) is 5.69. The molecule has 1 atom stereocenters. The average molecular weight is 201 g/mol. The van der Waals surface area contributed by atoms with E-state index in [4.69, 9.17) is 15.6 Å². The molecule has 14 heavy (non-hydrogen) atoms. The maximum atomic E-state index is 8.94. The number of hydrogen-bond acceptors (Lipinski definition) is 3. The van der Waals surface area contributed by atoms with Crippen LogP contribution in [0.25, 0.3) is 0 Å². The highest BCUT2D eigenvalue weighted by atomic mass is 16.5. The Morgan fingerprint density at radius 3 is 2.64 bits per heavy atom. The Morgan fingerprint density at radius 2 is 2.07 bits per heavy atom. The van der Waals surface area contributed by atoms with E-state index in [0.29, 0.717) is 6.10 Å². The molecule has 0 aromatic heterocycles. The summed E-state index contributed by atoms with van der Waals surface area (Å²) in [5.41, 5.74) is 5.37. The molecule has 3 N–H and O–H groups in total. The lowest BCUT2D eigenvalue weighted by atomic mass is 9.99. The first-order valence-corrected chi connectivity index (χ1v) is 5.65. The Morgan fingerprint density at radius 1 is 1.43 bits per heavy atom. The average Bonchev–Trinajstić information content (AvgIpc) is 2.65. The van der Waals surface area contributed by atoms with Crippen LogP contribution < -0.4 is 5.73 Å². The zero-order chi connectivity index (χ0) is 10.4. The zero-order valence-corrected chi connectivity index (χ0v) is 9.17. The van der Waals surface area contributed by atoms with Crippen molar-refractivity contribution >= 4 is 0 Å². The van der Waals surface area contributed by atoms with E-state index in [1.807, 2.05) is 6.92 Å². The quantitative estimate of drug-likeness (QED) is 0.639. The van der Waals surface area contributed by atoms with Crippen LogP contribution in [0.3, 0.4) is 0 Å². The molecule has 84 valence electrons. The molecule has 1 saturated carbocycles. The Kier molecular flexibility index (Phi) is 4.85. The van der Waals surface area contributed by atoms with Gasteiger partial charge in [0.05, 0.1) is 12.7 Å². The molecule has 1 fully saturated rings.